The first-order valence-corrected chi connectivity index (χ1v) is 6.61. The van der Waals surface area contributed by atoms with Gasteiger partial charge in [-0.2, -0.15) is 0 Å². The number of pyridine rings is 1. The zero-order valence-corrected chi connectivity index (χ0v) is 9.78. The molecule has 0 aliphatic heterocycles. The molecule has 16 heavy (non-hydrogen) atoms. The van der Waals surface area contributed by atoms with Crippen LogP contribution in [0.5, 0.6) is 0 Å². The van der Waals surface area contributed by atoms with Crippen LogP contribution in [0.25, 0.3) is 5.52 Å². The van der Waals surface area contributed by atoms with E-state index in [1.165, 1.54) is 0 Å². The number of aldehydes is 1. The molecule has 0 aliphatic carbocycles. The van der Waals surface area contributed by atoms with E-state index in [0.717, 1.165) is 6.26 Å². The van der Waals surface area contributed by atoms with Crippen molar-refractivity contribution in [1.82, 2.24) is 4.40 Å². The summed E-state index contributed by atoms with van der Waals surface area (Å²) in [5, 5.41) is 0. The Morgan fingerprint density at radius 2 is 2.00 bits per heavy atom. The summed E-state index contributed by atoms with van der Waals surface area (Å²) >= 11 is 0. The van der Waals surface area contributed by atoms with Crippen molar-refractivity contribution in [2.45, 2.75) is 11.8 Å². The molecule has 0 amide bonds. The van der Waals surface area contributed by atoms with Crippen molar-refractivity contribution in [1.29, 1.82) is 0 Å². The first kappa shape index (κ1) is 10.9. The summed E-state index contributed by atoms with van der Waals surface area (Å²) in [6.07, 6.45) is 3.51. The smallest absolute Gasteiger partial charge is 0.177 e. The molecule has 0 saturated carbocycles. The molecule has 2 aromatic heterocycles. The Morgan fingerprint density at radius 3 is 2.56 bits per heavy atom. The molecule has 4 nitrogen and oxygen atoms in total. The van der Waals surface area contributed by atoms with E-state index in [9.17, 15) is 13.2 Å². The Hall–Kier alpha value is -1.62. The monoisotopic (exact) mass is 237 g/mol. The quantitative estimate of drug-likeness (QED) is 0.743. The minimum Gasteiger partial charge on any atom is -0.313 e. The van der Waals surface area contributed by atoms with E-state index in [1.54, 1.807) is 35.7 Å². The maximum atomic E-state index is 11.7. The van der Waals surface area contributed by atoms with Crippen LogP contribution in [0.3, 0.4) is 0 Å². The van der Waals surface area contributed by atoms with Crippen molar-refractivity contribution in [3.8, 4) is 0 Å². The SMILES string of the molecule is Cc1c(S(C)(=O)=O)c2ccccn2c1C=O. The van der Waals surface area contributed by atoms with Crippen molar-refractivity contribution < 1.29 is 13.2 Å². The van der Waals surface area contributed by atoms with Gasteiger partial charge in [-0.05, 0) is 24.6 Å². The summed E-state index contributed by atoms with van der Waals surface area (Å²) in [5.41, 5.74) is 1.43. The largest absolute Gasteiger partial charge is 0.313 e. The lowest BCUT2D eigenvalue weighted by Gasteiger charge is -1.97. The molecular weight excluding hydrogens is 226 g/mol. The Kier molecular flexibility index (Phi) is 2.35. The fourth-order valence-electron chi connectivity index (χ4n) is 1.94. The van der Waals surface area contributed by atoms with E-state index in [1.807, 2.05) is 0 Å². The van der Waals surface area contributed by atoms with Crippen LogP contribution in [-0.4, -0.2) is 25.4 Å². The van der Waals surface area contributed by atoms with Gasteiger partial charge in [-0.25, -0.2) is 8.42 Å². The van der Waals surface area contributed by atoms with Crippen LogP contribution in [0.15, 0.2) is 29.3 Å². The number of carbonyl (C=O) groups is 1. The molecule has 84 valence electrons. The predicted molar refractivity (Wildman–Crippen MR) is 60.6 cm³/mol. The van der Waals surface area contributed by atoms with Crippen molar-refractivity contribution in [3.63, 3.8) is 0 Å². The van der Waals surface area contributed by atoms with Gasteiger partial charge in [0.05, 0.1) is 16.1 Å². The van der Waals surface area contributed by atoms with E-state index < -0.39 is 9.84 Å². The molecule has 2 rings (SSSR count). The predicted octanol–water partition coefficient (Wildman–Crippen LogP) is 1.46. The Bertz CT molecular complexity index is 668. The third kappa shape index (κ3) is 1.44. The number of rotatable bonds is 2. The van der Waals surface area contributed by atoms with Crippen LogP contribution in [0.1, 0.15) is 16.1 Å². The lowest BCUT2D eigenvalue weighted by atomic mass is 10.3. The van der Waals surface area contributed by atoms with Crippen LogP contribution in [0, 0.1) is 6.92 Å². The average molecular weight is 237 g/mol. The average Bonchev–Trinajstić information content (AvgIpc) is 2.48. The second-order valence-corrected chi connectivity index (χ2v) is 5.64. The number of carbonyl (C=O) groups excluding carboxylic acids is 1. The highest BCUT2D eigenvalue weighted by Crippen LogP contribution is 2.26. The standard InChI is InChI=1S/C11H11NO3S/c1-8-10(7-13)12-6-4-3-5-9(12)11(8)16(2,14)15/h3-7H,1-2H3. The van der Waals surface area contributed by atoms with Crippen molar-refractivity contribution in [2.75, 3.05) is 6.26 Å². The van der Waals surface area contributed by atoms with E-state index in [0.29, 0.717) is 23.1 Å². The van der Waals surface area contributed by atoms with Crippen LogP contribution >= 0.6 is 0 Å². The highest BCUT2D eigenvalue weighted by Gasteiger charge is 2.21. The normalized spacial score (nSPS) is 11.9. The topological polar surface area (TPSA) is 55.6 Å². The second kappa shape index (κ2) is 3.45. The number of fused-ring (bicyclic) bond motifs is 1. The summed E-state index contributed by atoms with van der Waals surface area (Å²) in [6.45, 7) is 1.65. The van der Waals surface area contributed by atoms with Gasteiger partial charge >= 0.3 is 0 Å². The molecule has 0 fully saturated rings. The molecule has 0 spiro atoms. The van der Waals surface area contributed by atoms with Gasteiger partial charge in [0.2, 0.25) is 0 Å². The van der Waals surface area contributed by atoms with Crippen LogP contribution in [0.2, 0.25) is 0 Å². The van der Waals surface area contributed by atoms with Gasteiger partial charge in [0.25, 0.3) is 0 Å². The maximum Gasteiger partial charge on any atom is 0.177 e. The Morgan fingerprint density at radius 1 is 1.31 bits per heavy atom. The van der Waals surface area contributed by atoms with Crippen LogP contribution in [0.4, 0.5) is 0 Å². The summed E-state index contributed by atoms with van der Waals surface area (Å²) in [5.74, 6) is 0. The summed E-state index contributed by atoms with van der Waals surface area (Å²) in [7, 11) is -3.33. The molecule has 0 N–H and O–H groups in total. The number of sulfone groups is 1. The zero-order chi connectivity index (χ0) is 11.9. The summed E-state index contributed by atoms with van der Waals surface area (Å²) in [4.78, 5) is 11.2. The molecule has 0 bridgehead atoms. The van der Waals surface area contributed by atoms with Crippen LogP contribution in [-0.2, 0) is 9.84 Å². The van der Waals surface area contributed by atoms with Crippen molar-refractivity contribution in [3.05, 3.63) is 35.7 Å². The zero-order valence-electron chi connectivity index (χ0n) is 8.97. The van der Waals surface area contributed by atoms with E-state index in [2.05, 4.69) is 0 Å². The number of hydrogen-bond donors (Lipinski definition) is 0. The first-order chi connectivity index (χ1) is 7.46. The highest BCUT2D eigenvalue weighted by atomic mass is 32.2. The van der Waals surface area contributed by atoms with Crippen LogP contribution < -0.4 is 0 Å². The molecule has 0 saturated heterocycles. The number of aromatic nitrogens is 1. The van der Waals surface area contributed by atoms with Crippen molar-refractivity contribution >= 4 is 21.6 Å². The molecule has 0 aliphatic rings. The van der Waals surface area contributed by atoms with Crippen molar-refractivity contribution in [2.24, 2.45) is 0 Å². The number of hydrogen-bond acceptors (Lipinski definition) is 3. The lowest BCUT2D eigenvalue weighted by molar-refractivity contribution is 0.111. The molecule has 0 atom stereocenters. The van der Waals surface area contributed by atoms with Gasteiger partial charge in [0.15, 0.2) is 16.1 Å². The van der Waals surface area contributed by atoms with E-state index >= 15 is 0 Å². The minimum absolute atomic E-state index is 0.232. The third-order valence-electron chi connectivity index (χ3n) is 2.56. The third-order valence-corrected chi connectivity index (χ3v) is 3.82. The lowest BCUT2D eigenvalue weighted by Crippen LogP contribution is -1.98. The van der Waals surface area contributed by atoms with Gasteiger partial charge in [0, 0.05) is 12.5 Å². The molecule has 0 radical (unpaired) electrons. The Balaban J connectivity index is 3.06. The van der Waals surface area contributed by atoms with E-state index in [4.69, 9.17) is 0 Å². The van der Waals surface area contributed by atoms with E-state index in [-0.39, 0.29) is 4.90 Å². The fraction of sp³-hybridized carbons (Fsp3) is 0.182. The molecule has 2 heterocycles. The van der Waals surface area contributed by atoms with Gasteiger partial charge in [-0.3, -0.25) is 4.79 Å². The highest BCUT2D eigenvalue weighted by molar-refractivity contribution is 7.91. The Labute approximate surface area is 93.4 Å². The molecule has 0 aromatic carbocycles. The molecule has 0 unspecified atom stereocenters. The molecule has 2 aromatic rings. The second-order valence-electron chi connectivity index (χ2n) is 3.69. The first-order valence-electron chi connectivity index (χ1n) is 4.71. The summed E-state index contributed by atoms with van der Waals surface area (Å²) < 4.78 is 24.9. The van der Waals surface area contributed by atoms with Gasteiger partial charge < -0.3 is 4.40 Å². The van der Waals surface area contributed by atoms with Gasteiger partial charge in [-0.15, -0.1) is 0 Å². The number of nitrogens with zero attached hydrogens (tertiary/aromatic N) is 1. The molecular formula is C11H11NO3S. The van der Waals surface area contributed by atoms with Gasteiger partial charge in [0.1, 0.15) is 0 Å². The minimum atomic E-state index is -3.33. The fourth-order valence-corrected chi connectivity index (χ4v) is 3.15. The summed E-state index contributed by atoms with van der Waals surface area (Å²) in [6, 6.07) is 5.19. The molecule has 5 heteroatoms. The maximum absolute atomic E-state index is 11.7. The van der Waals surface area contributed by atoms with Gasteiger partial charge in [-0.1, -0.05) is 6.07 Å².